The van der Waals surface area contributed by atoms with E-state index >= 15 is 0 Å². The third-order valence-corrected chi connectivity index (χ3v) is 10.7. The lowest BCUT2D eigenvalue weighted by molar-refractivity contribution is -0.531. The van der Waals surface area contributed by atoms with Gasteiger partial charge in [-0.05, 0) is 61.4 Å². The van der Waals surface area contributed by atoms with E-state index in [1.54, 1.807) is 0 Å². The van der Waals surface area contributed by atoms with Gasteiger partial charge in [0.25, 0.3) is 0 Å². The third kappa shape index (κ3) is 5.68. The number of hydrogen-bond acceptors (Lipinski definition) is 4. The molecule has 0 spiro atoms. The predicted molar refractivity (Wildman–Crippen MR) is 183 cm³/mol. The molecule has 6 rings (SSSR count). The van der Waals surface area contributed by atoms with Gasteiger partial charge in [-0.15, -0.1) is 0 Å². The number of nitrogens with zero attached hydrogens (tertiary/aromatic N) is 3. The first-order valence-electron chi connectivity index (χ1n) is 15.8. The molecule has 43 heavy (non-hydrogen) atoms. The smallest absolute Gasteiger partial charge is 0.208 e. The van der Waals surface area contributed by atoms with Crippen molar-refractivity contribution in [1.29, 1.82) is 0 Å². The molecule has 2 saturated heterocycles. The Morgan fingerprint density at radius 1 is 0.721 bits per heavy atom. The number of hydrogen-bond donors (Lipinski definition) is 1. The van der Waals surface area contributed by atoms with Gasteiger partial charge >= 0.3 is 0 Å². The zero-order valence-corrected chi connectivity index (χ0v) is 29.7. The van der Waals surface area contributed by atoms with Crippen molar-refractivity contribution in [2.24, 2.45) is 0 Å². The Labute approximate surface area is 280 Å². The average Bonchev–Trinajstić information content (AvgIpc) is 3.37. The molecule has 0 radical (unpaired) electrons. The third-order valence-electron chi connectivity index (χ3n) is 9.67. The van der Waals surface area contributed by atoms with E-state index < -0.39 is 0 Å². The highest BCUT2D eigenvalue weighted by atomic mass is 127. The van der Waals surface area contributed by atoms with Crippen LogP contribution in [0.15, 0.2) is 95.4 Å². The molecular weight excluding hydrogens is 659 g/mol. The van der Waals surface area contributed by atoms with Crippen LogP contribution in [0.3, 0.4) is 0 Å². The van der Waals surface area contributed by atoms with Crippen LogP contribution in [0.25, 0.3) is 0 Å². The zero-order chi connectivity index (χ0) is 29.5. The highest BCUT2D eigenvalue weighted by molar-refractivity contribution is 7.99. The minimum absolute atomic E-state index is 0. The lowest BCUT2D eigenvalue weighted by atomic mass is 9.83. The van der Waals surface area contributed by atoms with E-state index in [1.165, 1.54) is 50.8 Å². The maximum Gasteiger partial charge on any atom is 0.208 e. The highest BCUT2D eigenvalue weighted by Crippen LogP contribution is 2.48. The molecule has 0 amide bonds. The number of halogens is 1. The molecule has 4 aliphatic heterocycles. The van der Waals surface area contributed by atoms with Gasteiger partial charge in [-0.3, -0.25) is 0 Å². The van der Waals surface area contributed by atoms with Crippen LogP contribution in [-0.2, 0) is 10.8 Å². The van der Waals surface area contributed by atoms with Gasteiger partial charge in [0.05, 0.1) is 13.1 Å². The predicted octanol–water partition coefficient (Wildman–Crippen LogP) is 4.05. The fourth-order valence-electron chi connectivity index (χ4n) is 7.48. The van der Waals surface area contributed by atoms with Crippen LogP contribution in [0, 0.1) is 0 Å². The Kier molecular flexibility index (Phi) is 9.69. The molecular formula is C37H47IN4S. The van der Waals surface area contributed by atoms with Gasteiger partial charge in [0.2, 0.25) is 5.71 Å². The molecule has 0 atom stereocenters. The Balaban J connectivity index is 0.00000368. The summed E-state index contributed by atoms with van der Waals surface area (Å²) >= 11 is 2.05. The number of para-hydroxylation sites is 2. The summed E-state index contributed by atoms with van der Waals surface area (Å²) < 4.78 is 2.64. The maximum absolute atomic E-state index is 3.57. The number of benzene rings is 2. The summed E-state index contributed by atoms with van der Waals surface area (Å²) in [7, 11) is 0. The van der Waals surface area contributed by atoms with Crippen LogP contribution < -0.4 is 39.1 Å². The van der Waals surface area contributed by atoms with Crippen molar-refractivity contribution < 1.29 is 28.6 Å². The van der Waals surface area contributed by atoms with E-state index in [-0.39, 0.29) is 34.8 Å². The summed E-state index contributed by atoms with van der Waals surface area (Å²) in [6.07, 6.45) is 9.75. The van der Waals surface area contributed by atoms with Crippen molar-refractivity contribution in [3.63, 3.8) is 0 Å². The standard InChI is InChI=1S/C37H47N4S.HI/c1-7-40-31-15-11-9-13-29(31)36(3,4)33(40)19-17-27-25-42-26-28(35(27)39-23-21-38-22-24-39)18-20-34-37(5,6)30-14-10-12-16-32(30)41(34)8-2;/h9-20,38H,7-8,21-26H2,1-6H3;1H/q+1;/p-1. The van der Waals surface area contributed by atoms with Crippen LogP contribution in [0.1, 0.15) is 52.7 Å². The van der Waals surface area contributed by atoms with E-state index in [0.29, 0.717) is 0 Å². The quantitative estimate of drug-likeness (QED) is 0.383. The number of allylic oxidation sites excluding steroid dienone is 6. The van der Waals surface area contributed by atoms with Crippen LogP contribution in [0.4, 0.5) is 11.4 Å². The molecule has 0 aromatic heterocycles. The molecule has 2 aromatic carbocycles. The Morgan fingerprint density at radius 2 is 1.16 bits per heavy atom. The van der Waals surface area contributed by atoms with Gasteiger partial charge in [0, 0.05) is 69.3 Å². The largest absolute Gasteiger partial charge is 1.00 e. The number of thioether (sulfide) groups is 1. The van der Waals surface area contributed by atoms with Gasteiger partial charge in [0.1, 0.15) is 0 Å². The van der Waals surface area contributed by atoms with Crippen LogP contribution >= 0.6 is 11.8 Å². The molecule has 0 unspecified atom stereocenters. The molecule has 4 heterocycles. The number of anilines is 2. The van der Waals surface area contributed by atoms with E-state index in [9.17, 15) is 0 Å². The van der Waals surface area contributed by atoms with Crippen LogP contribution in [0.2, 0.25) is 0 Å². The fourth-order valence-corrected chi connectivity index (χ4v) is 8.49. The monoisotopic (exact) mass is 706 g/mol. The van der Waals surface area contributed by atoms with Crippen molar-refractivity contribution in [3.8, 4) is 0 Å². The van der Waals surface area contributed by atoms with Crippen LogP contribution in [0.5, 0.6) is 0 Å². The lowest BCUT2D eigenvalue weighted by Gasteiger charge is -2.27. The Bertz CT molecular complexity index is 1420. The van der Waals surface area contributed by atoms with E-state index in [0.717, 1.165) is 50.8 Å². The van der Waals surface area contributed by atoms with Gasteiger partial charge < -0.3 is 39.1 Å². The SMILES string of the molecule is CCN1C(=CC=C2CSC/C(=C\C=C3\N(CC)c4ccccc4C3(C)C)C2=[N+]2CCNCC2)C(C)(C)c2ccccc21.[I-]. The number of rotatable bonds is 4. The molecule has 0 saturated carbocycles. The summed E-state index contributed by atoms with van der Waals surface area (Å²) in [5.74, 6) is 2.10. The number of fused-ring (bicyclic) bond motifs is 2. The second kappa shape index (κ2) is 13.0. The van der Waals surface area contributed by atoms with Gasteiger partial charge in [0.15, 0.2) is 13.1 Å². The minimum atomic E-state index is -0.0174. The van der Waals surface area contributed by atoms with Gasteiger partial charge in [-0.2, -0.15) is 11.8 Å². The first kappa shape index (κ1) is 32.1. The van der Waals surface area contributed by atoms with Crippen molar-refractivity contribution in [2.45, 2.75) is 52.4 Å². The second-order valence-corrected chi connectivity index (χ2v) is 13.8. The van der Waals surface area contributed by atoms with Crippen molar-refractivity contribution in [3.05, 3.63) is 107 Å². The lowest BCUT2D eigenvalue weighted by Crippen LogP contribution is -3.00. The summed E-state index contributed by atoms with van der Waals surface area (Å²) in [6.45, 7) is 20.2. The normalized spacial score (nSPS) is 24.6. The second-order valence-electron chi connectivity index (χ2n) is 12.8. The highest BCUT2D eigenvalue weighted by Gasteiger charge is 2.40. The molecule has 6 heteroatoms. The van der Waals surface area contributed by atoms with Crippen molar-refractivity contribution in [1.82, 2.24) is 5.32 Å². The van der Waals surface area contributed by atoms with E-state index in [2.05, 4.69) is 134 Å². The Hall–Kier alpha value is -2.29. The summed E-state index contributed by atoms with van der Waals surface area (Å²) in [5, 5.41) is 3.57. The van der Waals surface area contributed by atoms with Crippen molar-refractivity contribution in [2.75, 3.05) is 60.6 Å². The topological polar surface area (TPSA) is 21.5 Å². The zero-order valence-electron chi connectivity index (χ0n) is 26.7. The molecule has 4 aliphatic rings. The maximum atomic E-state index is 3.57. The minimum Gasteiger partial charge on any atom is -1.00 e. The average molecular weight is 707 g/mol. The van der Waals surface area contributed by atoms with Gasteiger partial charge in [-0.1, -0.05) is 64.1 Å². The van der Waals surface area contributed by atoms with E-state index in [1.807, 2.05) is 11.8 Å². The number of nitrogens with one attached hydrogen (secondary N) is 1. The number of piperazine rings is 1. The Morgan fingerprint density at radius 3 is 1.60 bits per heavy atom. The summed E-state index contributed by atoms with van der Waals surface area (Å²) in [4.78, 5) is 5.01. The molecule has 4 nitrogen and oxygen atoms in total. The molecule has 2 fully saturated rings. The molecule has 0 aliphatic carbocycles. The first-order valence-corrected chi connectivity index (χ1v) is 16.9. The fraction of sp³-hybridized carbons (Fsp3) is 0.432. The van der Waals surface area contributed by atoms with Crippen molar-refractivity contribution >= 4 is 28.8 Å². The first-order chi connectivity index (χ1) is 20.3. The van der Waals surface area contributed by atoms with Gasteiger partial charge in [-0.25, -0.2) is 4.58 Å². The molecule has 0 bridgehead atoms. The molecule has 228 valence electrons. The molecule has 1 N–H and O–H groups in total. The summed E-state index contributed by atoms with van der Waals surface area (Å²) in [6, 6.07) is 17.9. The summed E-state index contributed by atoms with van der Waals surface area (Å²) in [5.41, 5.74) is 12.7. The van der Waals surface area contributed by atoms with E-state index in [4.69, 9.17) is 0 Å². The molecule has 2 aromatic rings. The van der Waals surface area contributed by atoms with Crippen LogP contribution in [-0.4, -0.2) is 61.1 Å². The number of likely N-dealkylation sites (N-methyl/N-ethyl adjacent to an activating group) is 2.